The van der Waals surface area contributed by atoms with Crippen LogP contribution < -0.4 is 16.0 Å². The van der Waals surface area contributed by atoms with Crippen LogP contribution in [0.1, 0.15) is 0 Å². The lowest BCUT2D eigenvalue weighted by molar-refractivity contribution is -0.124. The van der Waals surface area contributed by atoms with Gasteiger partial charge >= 0.3 is 0 Å². The van der Waals surface area contributed by atoms with Crippen LogP contribution in [0, 0.1) is 11.3 Å². The zero-order valence-corrected chi connectivity index (χ0v) is 8.85. The van der Waals surface area contributed by atoms with E-state index in [1.165, 1.54) is 0 Å². The quantitative estimate of drug-likeness (QED) is 0.683. The molecule has 2 aliphatic rings. The summed E-state index contributed by atoms with van der Waals surface area (Å²) in [4.78, 5) is 17.4. The summed E-state index contributed by atoms with van der Waals surface area (Å²) in [6.45, 7) is 3.11. The van der Waals surface area contributed by atoms with Gasteiger partial charge in [0.25, 0.3) is 6.01 Å². The van der Waals surface area contributed by atoms with Crippen LogP contribution in [-0.2, 0) is 4.79 Å². The molecule has 1 aromatic rings. The number of nitrogens with two attached hydrogens (primary N) is 1. The van der Waals surface area contributed by atoms with Crippen molar-refractivity contribution in [1.82, 2.24) is 10.3 Å². The minimum atomic E-state index is -0.211. The first-order valence-corrected chi connectivity index (χ1v) is 5.36. The molecule has 16 heavy (non-hydrogen) atoms. The minimum absolute atomic E-state index is 0.0136. The summed E-state index contributed by atoms with van der Waals surface area (Å²) < 4.78 is 5.21. The molecule has 1 amide bonds. The fourth-order valence-electron chi connectivity index (χ4n) is 2.76. The van der Waals surface area contributed by atoms with Crippen molar-refractivity contribution in [1.29, 1.82) is 0 Å². The molecule has 0 aromatic carbocycles. The van der Waals surface area contributed by atoms with Crippen LogP contribution in [-0.4, -0.2) is 37.1 Å². The zero-order valence-electron chi connectivity index (χ0n) is 8.85. The Morgan fingerprint density at radius 2 is 2.50 bits per heavy atom. The number of nitrogens with one attached hydrogen (secondary N) is 1. The number of carbonyl (C=O) groups is 1. The van der Waals surface area contributed by atoms with Gasteiger partial charge in [0.05, 0.1) is 12.1 Å². The molecule has 3 heterocycles. The topological polar surface area (TPSA) is 84.4 Å². The molecule has 3 N–H and O–H groups in total. The van der Waals surface area contributed by atoms with E-state index < -0.39 is 0 Å². The van der Waals surface area contributed by atoms with Crippen molar-refractivity contribution in [3.05, 3.63) is 12.5 Å². The van der Waals surface area contributed by atoms with E-state index in [1.807, 2.05) is 4.90 Å². The van der Waals surface area contributed by atoms with Gasteiger partial charge in [0.1, 0.15) is 6.26 Å². The first-order valence-electron chi connectivity index (χ1n) is 5.36. The zero-order chi connectivity index (χ0) is 11.2. The van der Waals surface area contributed by atoms with Crippen molar-refractivity contribution in [2.75, 3.05) is 31.1 Å². The maximum absolute atomic E-state index is 11.3. The van der Waals surface area contributed by atoms with Crippen molar-refractivity contribution in [2.45, 2.75) is 0 Å². The minimum Gasteiger partial charge on any atom is -0.432 e. The van der Waals surface area contributed by atoms with Crippen molar-refractivity contribution in [2.24, 2.45) is 17.1 Å². The normalized spacial score (nSPS) is 27.0. The maximum Gasteiger partial charge on any atom is 0.297 e. The van der Waals surface area contributed by atoms with Crippen molar-refractivity contribution in [3.63, 3.8) is 0 Å². The van der Waals surface area contributed by atoms with E-state index >= 15 is 0 Å². The smallest absolute Gasteiger partial charge is 0.297 e. The number of primary amides is 1. The van der Waals surface area contributed by atoms with E-state index in [0.717, 1.165) is 19.6 Å². The van der Waals surface area contributed by atoms with Gasteiger partial charge < -0.3 is 20.4 Å². The summed E-state index contributed by atoms with van der Waals surface area (Å²) >= 11 is 0. The van der Waals surface area contributed by atoms with Crippen LogP contribution in [0.3, 0.4) is 0 Å². The Morgan fingerprint density at radius 3 is 3.12 bits per heavy atom. The molecule has 2 saturated heterocycles. The SMILES string of the molecule is NC(=O)C1CNCC12CN(c1ncco1)C2. The van der Waals surface area contributed by atoms with E-state index in [-0.39, 0.29) is 17.2 Å². The van der Waals surface area contributed by atoms with E-state index in [1.54, 1.807) is 12.5 Å². The molecule has 1 unspecified atom stereocenters. The molecule has 6 nitrogen and oxygen atoms in total. The first kappa shape index (κ1) is 9.65. The third-order valence-corrected chi connectivity index (χ3v) is 3.61. The van der Waals surface area contributed by atoms with Gasteiger partial charge in [-0.05, 0) is 0 Å². The molecular weight excluding hydrogens is 208 g/mol. The van der Waals surface area contributed by atoms with Gasteiger partial charge in [-0.2, -0.15) is 0 Å². The number of hydrogen-bond donors (Lipinski definition) is 2. The van der Waals surface area contributed by atoms with E-state index in [0.29, 0.717) is 12.6 Å². The van der Waals surface area contributed by atoms with Crippen molar-refractivity contribution >= 4 is 11.9 Å². The Hall–Kier alpha value is -1.56. The maximum atomic E-state index is 11.3. The van der Waals surface area contributed by atoms with Crippen molar-refractivity contribution in [3.8, 4) is 0 Å². The highest BCUT2D eigenvalue weighted by atomic mass is 16.4. The molecule has 0 bridgehead atoms. The number of oxazole rings is 1. The Bertz CT molecular complexity index is 397. The van der Waals surface area contributed by atoms with Crippen LogP contribution in [0.2, 0.25) is 0 Å². The summed E-state index contributed by atoms with van der Waals surface area (Å²) in [5, 5.41) is 3.23. The van der Waals surface area contributed by atoms with E-state index in [2.05, 4.69) is 10.3 Å². The second kappa shape index (κ2) is 3.21. The highest BCUT2D eigenvalue weighted by Crippen LogP contribution is 2.42. The third-order valence-electron chi connectivity index (χ3n) is 3.61. The largest absolute Gasteiger partial charge is 0.432 e. The molecule has 6 heteroatoms. The summed E-state index contributed by atoms with van der Waals surface area (Å²) in [5.41, 5.74) is 5.40. The predicted molar refractivity (Wildman–Crippen MR) is 56.7 cm³/mol. The Morgan fingerprint density at radius 1 is 1.69 bits per heavy atom. The molecule has 1 aromatic heterocycles. The number of amides is 1. The van der Waals surface area contributed by atoms with Gasteiger partial charge in [-0.1, -0.05) is 0 Å². The molecular formula is C10H14N4O2. The number of hydrogen-bond acceptors (Lipinski definition) is 5. The lowest BCUT2D eigenvalue weighted by atomic mass is 9.71. The number of anilines is 1. The lowest BCUT2D eigenvalue weighted by Gasteiger charge is -2.49. The van der Waals surface area contributed by atoms with Gasteiger partial charge in [0, 0.05) is 31.6 Å². The van der Waals surface area contributed by atoms with E-state index in [4.69, 9.17) is 10.2 Å². The molecule has 0 radical (unpaired) electrons. The number of nitrogens with zero attached hydrogens (tertiary/aromatic N) is 2. The van der Waals surface area contributed by atoms with Crippen LogP contribution in [0.25, 0.3) is 0 Å². The van der Waals surface area contributed by atoms with Crippen molar-refractivity contribution < 1.29 is 9.21 Å². The predicted octanol–water partition coefficient (Wildman–Crippen LogP) is -0.814. The van der Waals surface area contributed by atoms with Gasteiger partial charge in [0.15, 0.2) is 0 Å². The molecule has 1 spiro atoms. The highest BCUT2D eigenvalue weighted by Gasteiger charge is 2.54. The van der Waals surface area contributed by atoms with Crippen LogP contribution in [0.4, 0.5) is 6.01 Å². The summed E-state index contributed by atoms with van der Waals surface area (Å²) in [6.07, 6.45) is 3.18. The first-order chi connectivity index (χ1) is 7.71. The Labute approximate surface area is 92.8 Å². The lowest BCUT2D eigenvalue weighted by Crippen LogP contribution is -2.62. The average molecular weight is 222 g/mol. The fourth-order valence-corrected chi connectivity index (χ4v) is 2.76. The van der Waals surface area contributed by atoms with Gasteiger partial charge in [-0.3, -0.25) is 4.79 Å². The van der Waals surface area contributed by atoms with Crippen LogP contribution in [0.15, 0.2) is 16.9 Å². The second-order valence-corrected chi connectivity index (χ2v) is 4.62. The highest BCUT2D eigenvalue weighted by molar-refractivity contribution is 5.79. The molecule has 86 valence electrons. The van der Waals surface area contributed by atoms with E-state index in [9.17, 15) is 4.79 Å². The second-order valence-electron chi connectivity index (χ2n) is 4.62. The number of rotatable bonds is 2. The summed E-state index contributed by atoms with van der Waals surface area (Å²) in [5.74, 6) is -0.282. The Balaban J connectivity index is 1.73. The number of aromatic nitrogens is 1. The molecule has 2 fully saturated rings. The van der Waals surface area contributed by atoms with Gasteiger partial charge in [0.2, 0.25) is 5.91 Å². The standard InChI is InChI=1S/C10H14N4O2/c11-8(15)7-3-12-4-10(7)5-14(6-10)9-13-1-2-16-9/h1-2,7,12H,3-6H2,(H2,11,15). The summed E-state index contributed by atoms with van der Waals surface area (Å²) in [6, 6.07) is 0.626. The molecule has 0 aliphatic carbocycles. The van der Waals surface area contributed by atoms with Gasteiger partial charge in [-0.15, -0.1) is 0 Å². The Kier molecular flexibility index (Phi) is 1.94. The summed E-state index contributed by atoms with van der Waals surface area (Å²) in [7, 11) is 0. The fraction of sp³-hybridized carbons (Fsp3) is 0.600. The third kappa shape index (κ3) is 1.23. The van der Waals surface area contributed by atoms with Crippen LogP contribution >= 0.6 is 0 Å². The molecule has 0 saturated carbocycles. The van der Waals surface area contributed by atoms with Gasteiger partial charge in [-0.25, -0.2) is 4.98 Å². The molecule has 3 rings (SSSR count). The molecule has 1 atom stereocenters. The molecule has 2 aliphatic heterocycles. The number of carbonyl (C=O) groups excluding carboxylic acids is 1. The average Bonchev–Trinajstić information content (AvgIpc) is 2.83. The van der Waals surface area contributed by atoms with Crippen LogP contribution in [0.5, 0.6) is 0 Å². The monoisotopic (exact) mass is 222 g/mol.